The number of carbonyl (C=O) groups is 4. The number of benzene rings is 1. The summed E-state index contributed by atoms with van der Waals surface area (Å²) < 4.78 is 18.9. The fraction of sp³-hybridized carbons (Fsp3) is 0.567. The minimum Gasteiger partial charge on any atom is -0.444 e. The van der Waals surface area contributed by atoms with Gasteiger partial charge in [-0.2, -0.15) is 0 Å². The summed E-state index contributed by atoms with van der Waals surface area (Å²) in [6, 6.07) is 5.24. The first kappa shape index (κ1) is 31.4. The molecule has 0 saturated carbocycles. The van der Waals surface area contributed by atoms with Gasteiger partial charge in [0.1, 0.15) is 11.4 Å². The molecule has 0 aliphatic carbocycles. The fourth-order valence-corrected chi connectivity index (χ4v) is 6.44. The van der Waals surface area contributed by atoms with Gasteiger partial charge in [-0.05, 0) is 77.0 Å². The van der Waals surface area contributed by atoms with Crippen LogP contribution in [0.25, 0.3) is 0 Å². The Bertz CT molecular complexity index is 1310. The second-order valence-corrected chi connectivity index (χ2v) is 13.1. The SMILES string of the molecule is CC(=O)c1sc(NC(=O)NC2CN(C(=O)OC(C)(C)C)CCC2C(=O)N2CCCC(Cc3ccc(F)cc3)C2)nc1C. The first-order chi connectivity index (χ1) is 19.8. The Kier molecular flexibility index (Phi) is 9.85. The summed E-state index contributed by atoms with van der Waals surface area (Å²) in [6.07, 6.45) is 2.44. The summed E-state index contributed by atoms with van der Waals surface area (Å²) in [5.74, 6) is -0.762. The normalized spacial score (nSPS) is 21.0. The fourth-order valence-electron chi connectivity index (χ4n) is 5.58. The lowest BCUT2D eigenvalue weighted by Gasteiger charge is -2.42. The molecule has 228 valence electrons. The first-order valence-corrected chi connectivity index (χ1v) is 15.2. The molecule has 2 fully saturated rings. The van der Waals surface area contributed by atoms with Crippen LogP contribution in [0, 0.1) is 24.6 Å². The van der Waals surface area contributed by atoms with E-state index in [-0.39, 0.29) is 35.1 Å². The van der Waals surface area contributed by atoms with Gasteiger partial charge in [0.05, 0.1) is 22.5 Å². The summed E-state index contributed by atoms with van der Waals surface area (Å²) in [6.45, 7) is 10.1. The lowest BCUT2D eigenvalue weighted by Crippen LogP contribution is -2.59. The number of hydrogen-bond acceptors (Lipinski definition) is 7. The Balaban J connectivity index is 1.46. The van der Waals surface area contributed by atoms with E-state index in [2.05, 4.69) is 15.6 Å². The van der Waals surface area contributed by atoms with Crippen LogP contribution in [0.4, 0.5) is 19.1 Å². The maximum absolute atomic E-state index is 13.9. The molecule has 2 aliphatic heterocycles. The highest BCUT2D eigenvalue weighted by Gasteiger charge is 2.40. The quantitative estimate of drug-likeness (QED) is 0.449. The molecule has 2 aliphatic rings. The molecule has 0 radical (unpaired) electrons. The molecule has 3 unspecified atom stereocenters. The molecule has 3 atom stereocenters. The monoisotopic (exact) mass is 601 g/mol. The van der Waals surface area contributed by atoms with Crippen molar-refractivity contribution in [2.45, 2.75) is 71.9 Å². The second-order valence-electron chi connectivity index (χ2n) is 12.1. The predicted octanol–water partition coefficient (Wildman–Crippen LogP) is 5.02. The number of amides is 4. The molecule has 2 saturated heterocycles. The Morgan fingerprint density at radius 3 is 2.43 bits per heavy atom. The van der Waals surface area contributed by atoms with Crippen LogP contribution in [0.3, 0.4) is 0 Å². The molecule has 1 aromatic heterocycles. The zero-order valence-corrected chi connectivity index (χ0v) is 25.7. The molecule has 4 rings (SSSR count). The third kappa shape index (κ3) is 8.27. The van der Waals surface area contributed by atoms with Crippen molar-refractivity contribution in [3.05, 3.63) is 46.2 Å². The van der Waals surface area contributed by atoms with Crippen molar-refractivity contribution in [1.82, 2.24) is 20.1 Å². The lowest BCUT2D eigenvalue weighted by molar-refractivity contribution is -0.139. The minimum atomic E-state index is -0.686. The van der Waals surface area contributed by atoms with Gasteiger partial charge in [-0.3, -0.25) is 14.9 Å². The van der Waals surface area contributed by atoms with Gasteiger partial charge in [0.2, 0.25) is 5.91 Å². The van der Waals surface area contributed by atoms with E-state index < -0.39 is 29.7 Å². The molecule has 42 heavy (non-hydrogen) atoms. The van der Waals surface area contributed by atoms with Crippen LogP contribution in [-0.4, -0.2) is 76.4 Å². The van der Waals surface area contributed by atoms with Crippen LogP contribution in [0.5, 0.6) is 0 Å². The number of nitrogens with zero attached hydrogens (tertiary/aromatic N) is 3. The number of thiazole rings is 1. The van der Waals surface area contributed by atoms with E-state index >= 15 is 0 Å². The van der Waals surface area contributed by atoms with Gasteiger partial charge >= 0.3 is 12.1 Å². The smallest absolute Gasteiger partial charge is 0.410 e. The third-order valence-electron chi connectivity index (χ3n) is 7.50. The van der Waals surface area contributed by atoms with E-state index in [0.717, 1.165) is 36.2 Å². The molecule has 4 amide bonds. The highest BCUT2D eigenvalue weighted by molar-refractivity contribution is 7.17. The highest BCUT2D eigenvalue weighted by Crippen LogP contribution is 2.28. The number of anilines is 1. The molecular formula is C30H40FN5O5S. The summed E-state index contributed by atoms with van der Waals surface area (Å²) in [7, 11) is 0. The number of nitrogens with one attached hydrogen (secondary N) is 2. The van der Waals surface area contributed by atoms with Gasteiger partial charge in [0.25, 0.3) is 0 Å². The standard InChI is InChI=1S/C30H40FN5O5S/c1-18-25(19(2)37)42-28(32-18)34-27(39)33-24-17-36(29(40)41-30(3,4)5)14-12-23(24)26(38)35-13-6-7-21(16-35)15-20-8-10-22(31)11-9-20/h8-11,21,23-24H,6-7,12-17H2,1-5H3,(H2,32,33,34,39). The van der Waals surface area contributed by atoms with Gasteiger partial charge in [-0.1, -0.05) is 23.5 Å². The van der Waals surface area contributed by atoms with Crippen molar-refractivity contribution < 1.29 is 28.3 Å². The number of ether oxygens (including phenoxy) is 1. The zero-order chi connectivity index (χ0) is 30.6. The molecule has 2 aromatic rings. The van der Waals surface area contributed by atoms with Crippen molar-refractivity contribution in [3.8, 4) is 0 Å². The van der Waals surface area contributed by atoms with Crippen LogP contribution in [0.15, 0.2) is 24.3 Å². The Morgan fingerprint density at radius 1 is 1.07 bits per heavy atom. The Morgan fingerprint density at radius 2 is 1.79 bits per heavy atom. The van der Waals surface area contributed by atoms with Crippen LogP contribution < -0.4 is 10.6 Å². The van der Waals surface area contributed by atoms with Gasteiger partial charge in [0, 0.05) is 33.1 Å². The van der Waals surface area contributed by atoms with Gasteiger partial charge in [-0.25, -0.2) is 19.0 Å². The van der Waals surface area contributed by atoms with Crippen LogP contribution in [0.1, 0.15) is 67.9 Å². The summed E-state index contributed by atoms with van der Waals surface area (Å²) >= 11 is 1.09. The van der Waals surface area contributed by atoms with Crippen molar-refractivity contribution in [1.29, 1.82) is 0 Å². The number of halogens is 1. The van der Waals surface area contributed by atoms with Gasteiger partial charge in [0.15, 0.2) is 10.9 Å². The molecule has 2 N–H and O–H groups in total. The molecule has 0 spiro atoms. The van der Waals surface area contributed by atoms with Crippen molar-refractivity contribution >= 4 is 40.3 Å². The van der Waals surface area contributed by atoms with Crippen molar-refractivity contribution in [2.75, 3.05) is 31.5 Å². The number of urea groups is 1. The number of likely N-dealkylation sites (tertiary alicyclic amines) is 2. The average molecular weight is 602 g/mol. The topological polar surface area (TPSA) is 121 Å². The molecule has 0 bridgehead atoms. The Hall–Kier alpha value is -3.54. The largest absolute Gasteiger partial charge is 0.444 e. The maximum Gasteiger partial charge on any atom is 0.410 e. The maximum atomic E-state index is 13.9. The van der Waals surface area contributed by atoms with Crippen molar-refractivity contribution in [3.63, 3.8) is 0 Å². The second kappa shape index (κ2) is 13.2. The third-order valence-corrected chi connectivity index (χ3v) is 8.68. The summed E-state index contributed by atoms with van der Waals surface area (Å²) in [4.78, 5) is 59.8. The van der Waals surface area contributed by atoms with E-state index in [9.17, 15) is 23.6 Å². The summed E-state index contributed by atoms with van der Waals surface area (Å²) in [5, 5.41) is 5.86. The number of hydrogen-bond donors (Lipinski definition) is 2. The Labute approximate surface area is 250 Å². The number of carbonyl (C=O) groups excluding carboxylic acids is 4. The lowest BCUT2D eigenvalue weighted by atomic mass is 9.87. The van der Waals surface area contributed by atoms with E-state index in [1.54, 1.807) is 39.8 Å². The minimum absolute atomic E-state index is 0.0584. The molecule has 10 nitrogen and oxygen atoms in total. The number of aryl methyl sites for hydroxylation is 1. The summed E-state index contributed by atoms with van der Waals surface area (Å²) in [5.41, 5.74) is 0.877. The molecular weight excluding hydrogens is 561 g/mol. The van der Waals surface area contributed by atoms with E-state index in [0.29, 0.717) is 36.6 Å². The first-order valence-electron chi connectivity index (χ1n) is 14.4. The average Bonchev–Trinajstić information content (AvgIpc) is 3.28. The van der Waals surface area contributed by atoms with E-state index in [4.69, 9.17) is 4.74 Å². The number of piperidine rings is 2. The predicted molar refractivity (Wildman–Crippen MR) is 158 cm³/mol. The molecule has 12 heteroatoms. The van der Waals surface area contributed by atoms with Gasteiger partial charge < -0.3 is 19.9 Å². The zero-order valence-electron chi connectivity index (χ0n) is 24.9. The van der Waals surface area contributed by atoms with Crippen LogP contribution >= 0.6 is 11.3 Å². The van der Waals surface area contributed by atoms with Crippen LogP contribution in [-0.2, 0) is 16.0 Å². The van der Waals surface area contributed by atoms with E-state index in [1.807, 2.05) is 4.90 Å². The van der Waals surface area contributed by atoms with Gasteiger partial charge in [-0.15, -0.1) is 0 Å². The van der Waals surface area contributed by atoms with Crippen LogP contribution in [0.2, 0.25) is 0 Å². The van der Waals surface area contributed by atoms with Crippen molar-refractivity contribution in [2.24, 2.45) is 11.8 Å². The molecule has 1 aromatic carbocycles. The number of rotatable bonds is 6. The molecule has 3 heterocycles. The number of ketones is 1. The number of aromatic nitrogens is 1. The highest BCUT2D eigenvalue weighted by atomic mass is 32.1. The van der Waals surface area contributed by atoms with E-state index in [1.165, 1.54) is 24.0 Å². The number of Topliss-reactive ketones (excluding diaryl/α,β-unsaturated/α-hetero) is 1.